The number of hydrogen-bond acceptors (Lipinski definition) is 3. The number of benzene rings is 2. The molecule has 0 aliphatic heterocycles. The van der Waals surface area contributed by atoms with E-state index in [1.165, 1.54) is 25.1 Å². The third-order valence-electron chi connectivity index (χ3n) is 3.39. The predicted molar refractivity (Wildman–Crippen MR) is 95.9 cm³/mol. The summed E-state index contributed by atoms with van der Waals surface area (Å²) < 4.78 is 52.8. The van der Waals surface area contributed by atoms with E-state index < -0.39 is 34.1 Å². The number of halogens is 4. The molecule has 2 aromatic carbocycles. The normalized spacial score (nSPS) is 11.6. The summed E-state index contributed by atoms with van der Waals surface area (Å²) in [5, 5.41) is 2.33. The number of sulfonamides is 1. The highest BCUT2D eigenvalue weighted by Crippen LogP contribution is 2.27. The summed E-state index contributed by atoms with van der Waals surface area (Å²) in [7, 11) is -4.11. The lowest BCUT2D eigenvalue weighted by atomic mass is 10.3. The molecule has 0 aliphatic carbocycles. The Hall–Kier alpha value is -1.74. The van der Waals surface area contributed by atoms with Crippen LogP contribution in [-0.4, -0.2) is 31.7 Å². The number of amides is 1. The van der Waals surface area contributed by atoms with Crippen LogP contribution in [-0.2, 0) is 14.8 Å². The Morgan fingerprint density at radius 2 is 1.85 bits per heavy atom. The van der Waals surface area contributed by atoms with Crippen molar-refractivity contribution in [2.24, 2.45) is 0 Å². The highest BCUT2D eigenvalue weighted by atomic mass is 35.5. The Morgan fingerprint density at radius 3 is 2.46 bits per heavy atom. The number of rotatable bonds is 6. The van der Waals surface area contributed by atoms with Gasteiger partial charge in [-0.1, -0.05) is 30.1 Å². The van der Waals surface area contributed by atoms with Crippen molar-refractivity contribution in [2.75, 3.05) is 18.4 Å². The molecule has 0 atom stereocenters. The second kappa shape index (κ2) is 8.30. The van der Waals surface area contributed by atoms with Gasteiger partial charge in [0, 0.05) is 17.6 Å². The number of carbonyl (C=O) groups excluding carboxylic acids is 1. The zero-order valence-electron chi connectivity index (χ0n) is 13.5. The first-order chi connectivity index (χ1) is 12.1. The van der Waals surface area contributed by atoms with Gasteiger partial charge in [0.25, 0.3) is 0 Å². The molecule has 0 aliphatic rings. The largest absolute Gasteiger partial charge is 0.322 e. The fraction of sp³-hybridized carbons (Fsp3) is 0.188. The maximum absolute atomic E-state index is 13.6. The van der Waals surface area contributed by atoms with Crippen molar-refractivity contribution in [3.05, 3.63) is 58.1 Å². The molecule has 0 fully saturated rings. The lowest BCUT2D eigenvalue weighted by molar-refractivity contribution is -0.116. The predicted octanol–water partition coefficient (Wildman–Crippen LogP) is 3.92. The van der Waals surface area contributed by atoms with Crippen LogP contribution in [0.5, 0.6) is 0 Å². The van der Waals surface area contributed by atoms with Gasteiger partial charge < -0.3 is 5.32 Å². The van der Waals surface area contributed by atoms with Crippen LogP contribution in [0.4, 0.5) is 14.5 Å². The van der Waals surface area contributed by atoms with Gasteiger partial charge in [-0.2, -0.15) is 4.31 Å². The van der Waals surface area contributed by atoms with Gasteiger partial charge in [0.2, 0.25) is 15.9 Å². The Kier molecular flexibility index (Phi) is 6.57. The van der Waals surface area contributed by atoms with E-state index in [0.29, 0.717) is 6.07 Å². The topological polar surface area (TPSA) is 66.5 Å². The molecule has 1 N–H and O–H groups in total. The standard InChI is InChI=1S/C16H14Cl2F2N2O3S/c1-2-22(26(24,25)15-7-10(17)3-5-12(15)18)9-16(23)21-14-6-4-11(19)8-13(14)20/h3-8H,2,9H2,1H3,(H,21,23). The Labute approximate surface area is 159 Å². The van der Waals surface area contributed by atoms with Crippen molar-refractivity contribution in [2.45, 2.75) is 11.8 Å². The summed E-state index contributed by atoms with van der Waals surface area (Å²) in [6.45, 7) is 0.907. The summed E-state index contributed by atoms with van der Waals surface area (Å²) in [6.07, 6.45) is 0. The number of anilines is 1. The van der Waals surface area contributed by atoms with E-state index >= 15 is 0 Å². The van der Waals surface area contributed by atoms with Gasteiger partial charge in [-0.25, -0.2) is 17.2 Å². The molecule has 0 bridgehead atoms. The molecule has 0 aromatic heterocycles. The SMILES string of the molecule is CCN(CC(=O)Nc1ccc(F)cc1F)S(=O)(=O)c1cc(Cl)ccc1Cl. The molecule has 26 heavy (non-hydrogen) atoms. The van der Waals surface area contributed by atoms with Crippen LogP contribution in [0.3, 0.4) is 0 Å². The van der Waals surface area contributed by atoms with E-state index in [0.717, 1.165) is 16.4 Å². The fourth-order valence-electron chi connectivity index (χ4n) is 2.12. The lowest BCUT2D eigenvalue weighted by Crippen LogP contribution is -2.38. The molecule has 5 nitrogen and oxygen atoms in total. The maximum atomic E-state index is 13.6. The summed E-state index contributed by atoms with van der Waals surface area (Å²) in [6, 6.07) is 6.57. The zero-order chi connectivity index (χ0) is 19.5. The molecule has 2 aromatic rings. The molecular formula is C16H14Cl2F2N2O3S. The average Bonchev–Trinajstić information content (AvgIpc) is 2.57. The van der Waals surface area contributed by atoms with E-state index in [1.807, 2.05) is 0 Å². The zero-order valence-corrected chi connectivity index (χ0v) is 15.8. The van der Waals surface area contributed by atoms with E-state index in [-0.39, 0.29) is 27.2 Å². The molecule has 0 heterocycles. The minimum Gasteiger partial charge on any atom is -0.322 e. The monoisotopic (exact) mass is 422 g/mol. The van der Waals surface area contributed by atoms with Crippen molar-refractivity contribution in [1.82, 2.24) is 4.31 Å². The summed E-state index contributed by atoms with van der Waals surface area (Å²) in [5.74, 6) is -2.56. The van der Waals surface area contributed by atoms with Crippen LogP contribution >= 0.6 is 23.2 Å². The van der Waals surface area contributed by atoms with Crippen LogP contribution < -0.4 is 5.32 Å². The first kappa shape index (κ1) is 20.6. The Bertz CT molecular complexity index is 939. The lowest BCUT2D eigenvalue weighted by Gasteiger charge is -2.21. The second-order valence-electron chi connectivity index (χ2n) is 5.18. The van der Waals surface area contributed by atoms with Crippen molar-refractivity contribution < 1.29 is 22.0 Å². The van der Waals surface area contributed by atoms with Crippen LogP contribution in [0.15, 0.2) is 41.3 Å². The molecule has 140 valence electrons. The van der Waals surface area contributed by atoms with E-state index in [2.05, 4.69) is 5.32 Å². The molecule has 0 saturated heterocycles. The fourth-order valence-corrected chi connectivity index (χ4v) is 4.26. The van der Waals surface area contributed by atoms with Gasteiger partial charge in [0.05, 0.1) is 17.3 Å². The summed E-state index contributed by atoms with van der Waals surface area (Å²) in [4.78, 5) is 11.9. The molecule has 0 unspecified atom stereocenters. The molecule has 1 amide bonds. The molecule has 10 heteroatoms. The number of likely N-dealkylation sites (N-methyl/N-ethyl adjacent to an activating group) is 1. The van der Waals surface area contributed by atoms with Crippen LogP contribution in [0, 0.1) is 11.6 Å². The molecule has 0 radical (unpaired) electrons. The van der Waals surface area contributed by atoms with Gasteiger partial charge in [0.15, 0.2) is 0 Å². The van der Waals surface area contributed by atoms with Gasteiger partial charge in [-0.05, 0) is 30.3 Å². The highest BCUT2D eigenvalue weighted by molar-refractivity contribution is 7.89. The van der Waals surface area contributed by atoms with E-state index in [9.17, 15) is 22.0 Å². The van der Waals surface area contributed by atoms with Crippen LogP contribution in [0.1, 0.15) is 6.92 Å². The van der Waals surface area contributed by atoms with Gasteiger partial charge in [-0.15, -0.1) is 0 Å². The summed E-state index contributed by atoms with van der Waals surface area (Å²) >= 11 is 11.8. The van der Waals surface area contributed by atoms with E-state index in [4.69, 9.17) is 23.2 Å². The van der Waals surface area contributed by atoms with Crippen molar-refractivity contribution in [3.63, 3.8) is 0 Å². The Balaban J connectivity index is 2.22. The van der Waals surface area contributed by atoms with Crippen molar-refractivity contribution in [3.8, 4) is 0 Å². The molecule has 2 rings (SSSR count). The molecule has 0 saturated carbocycles. The second-order valence-corrected chi connectivity index (χ2v) is 7.93. The van der Waals surface area contributed by atoms with Gasteiger partial charge in [0.1, 0.15) is 16.5 Å². The van der Waals surface area contributed by atoms with Crippen molar-refractivity contribution >= 4 is 44.8 Å². The average molecular weight is 423 g/mol. The van der Waals surface area contributed by atoms with Crippen LogP contribution in [0.25, 0.3) is 0 Å². The third kappa shape index (κ3) is 4.70. The first-order valence-corrected chi connectivity index (χ1v) is 9.55. The Morgan fingerprint density at radius 1 is 1.15 bits per heavy atom. The number of nitrogens with zero attached hydrogens (tertiary/aromatic N) is 1. The molecular weight excluding hydrogens is 409 g/mol. The quantitative estimate of drug-likeness (QED) is 0.766. The molecule has 0 spiro atoms. The third-order valence-corrected chi connectivity index (χ3v) is 6.03. The van der Waals surface area contributed by atoms with E-state index in [1.54, 1.807) is 0 Å². The highest BCUT2D eigenvalue weighted by Gasteiger charge is 2.28. The van der Waals surface area contributed by atoms with Crippen LogP contribution in [0.2, 0.25) is 10.0 Å². The minimum atomic E-state index is -4.11. The summed E-state index contributed by atoms with van der Waals surface area (Å²) in [5.41, 5.74) is -0.259. The number of hydrogen-bond donors (Lipinski definition) is 1. The number of carbonyl (C=O) groups is 1. The van der Waals surface area contributed by atoms with Crippen molar-refractivity contribution in [1.29, 1.82) is 0 Å². The van der Waals surface area contributed by atoms with Gasteiger partial charge in [-0.3, -0.25) is 4.79 Å². The maximum Gasteiger partial charge on any atom is 0.245 e. The number of nitrogens with one attached hydrogen (secondary N) is 1. The minimum absolute atomic E-state index is 0.0372. The first-order valence-electron chi connectivity index (χ1n) is 7.35. The van der Waals surface area contributed by atoms with Gasteiger partial charge >= 0.3 is 0 Å². The smallest absolute Gasteiger partial charge is 0.245 e.